The van der Waals surface area contributed by atoms with Crippen LogP contribution in [0, 0.1) is 6.92 Å². The molecule has 0 saturated heterocycles. The summed E-state index contributed by atoms with van der Waals surface area (Å²) in [6.45, 7) is 5.06. The Morgan fingerprint density at radius 1 is 1.06 bits per heavy atom. The third kappa shape index (κ3) is 5.11. The van der Waals surface area contributed by atoms with Crippen LogP contribution < -0.4 is 10.1 Å². The van der Waals surface area contributed by atoms with Crippen LogP contribution in [0.15, 0.2) is 72.8 Å². The molecule has 6 heteroatoms. The van der Waals surface area contributed by atoms with Gasteiger partial charge in [-0.15, -0.1) is 0 Å². The number of carbonyl (C=O) groups is 1. The minimum atomic E-state index is -0.241. The van der Waals surface area contributed by atoms with Crippen LogP contribution in [0.1, 0.15) is 29.9 Å². The summed E-state index contributed by atoms with van der Waals surface area (Å²) in [6, 6.07) is 23.0. The SMILES string of the molecule is Cc1ccccc1CC(=O)NC(C)c1nc2ccccc2n1CCOc1ccc(Cl)cc1. The van der Waals surface area contributed by atoms with Gasteiger partial charge < -0.3 is 14.6 Å². The number of carbonyl (C=O) groups excluding carboxylic acids is 1. The Kier molecular flexibility index (Phi) is 6.76. The van der Waals surface area contributed by atoms with E-state index in [-0.39, 0.29) is 11.9 Å². The average molecular weight is 448 g/mol. The zero-order chi connectivity index (χ0) is 22.5. The fourth-order valence-electron chi connectivity index (χ4n) is 3.78. The molecule has 0 saturated carbocycles. The number of halogens is 1. The first-order chi connectivity index (χ1) is 15.5. The molecular formula is C26H26ClN3O2. The number of aryl methyl sites for hydroxylation is 1. The van der Waals surface area contributed by atoms with Gasteiger partial charge in [-0.25, -0.2) is 4.98 Å². The van der Waals surface area contributed by atoms with Crippen LogP contribution in [0.25, 0.3) is 11.0 Å². The maximum absolute atomic E-state index is 12.7. The number of fused-ring (bicyclic) bond motifs is 1. The number of hydrogen-bond acceptors (Lipinski definition) is 3. The monoisotopic (exact) mass is 447 g/mol. The first-order valence-corrected chi connectivity index (χ1v) is 11.1. The Morgan fingerprint density at radius 3 is 2.56 bits per heavy atom. The number of nitrogens with one attached hydrogen (secondary N) is 1. The van der Waals surface area contributed by atoms with Crippen molar-refractivity contribution in [2.45, 2.75) is 32.9 Å². The summed E-state index contributed by atoms with van der Waals surface area (Å²) in [4.78, 5) is 17.5. The zero-order valence-electron chi connectivity index (χ0n) is 18.2. The van der Waals surface area contributed by atoms with E-state index in [1.807, 2.05) is 74.5 Å². The molecule has 32 heavy (non-hydrogen) atoms. The summed E-state index contributed by atoms with van der Waals surface area (Å²) in [6.07, 6.45) is 0.344. The minimum absolute atomic E-state index is 0.0252. The Bertz CT molecular complexity index is 1220. The van der Waals surface area contributed by atoms with Crippen LogP contribution in [0.2, 0.25) is 5.02 Å². The molecule has 0 aliphatic heterocycles. The van der Waals surface area contributed by atoms with Crippen LogP contribution >= 0.6 is 11.6 Å². The van der Waals surface area contributed by atoms with E-state index >= 15 is 0 Å². The van der Waals surface area contributed by atoms with Gasteiger partial charge in [-0.05, 0) is 61.4 Å². The van der Waals surface area contributed by atoms with Crippen molar-refractivity contribution in [3.8, 4) is 5.75 Å². The molecule has 164 valence electrons. The molecule has 1 amide bonds. The number of imidazole rings is 1. The number of rotatable bonds is 8. The zero-order valence-corrected chi connectivity index (χ0v) is 19.0. The lowest BCUT2D eigenvalue weighted by atomic mass is 10.1. The lowest BCUT2D eigenvalue weighted by Gasteiger charge is -2.17. The second-order valence-electron chi connectivity index (χ2n) is 7.81. The van der Waals surface area contributed by atoms with Crippen LogP contribution in [0.4, 0.5) is 0 Å². The number of benzene rings is 3. The highest BCUT2D eigenvalue weighted by atomic mass is 35.5. The molecule has 4 aromatic rings. The van der Waals surface area contributed by atoms with E-state index in [0.717, 1.165) is 33.7 Å². The van der Waals surface area contributed by atoms with Crippen molar-refractivity contribution in [1.29, 1.82) is 0 Å². The Hall–Kier alpha value is -3.31. The number of aromatic nitrogens is 2. The lowest BCUT2D eigenvalue weighted by Crippen LogP contribution is -2.30. The molecule has 0 aliphatic rings. The topological polar surface area (TPSA) is 56.2 Å². The van der Waals surface area contributed by atoms with E-state index in [9.17, 15) is 4.79 Å². The van der Waals surface area contributed by atoms with E-state index < -0.39 is 0 Å². The second kappa shape index (κ2) is 9.88. The van der Waals surface area contributed by atoms with Crippen LogP contribution in [0.5, 0.6) is 5.75 Å². The van der Waals surface area contributed by atoms with Crippen LogP contribution in [0.3, 0.4) is 0 Å². The van der Waals surface area contributed by atoms with E-state index in [1.165, 1.54) is 0 Å². The molecule has 1 N–H and O–H groups in total. The highest BCUT2D eigenvalue weighted by Gasteiger charge is 2.19. The molecule has 1 aromatic heterocycles. The van der Waals surface area contributed by atoms with E-state index in [4.69, 9.17) is 21.3 Å². The van der Waals surface area contributed by atoms with Crippen molar-refractivity contribution in [1.82, 2.24) is 14.9 Å². The molecule has 4 rings (SSSR count). The molecule has 0 fully saturated rings. The van der Waals surface area contributed by atoms with Crippen molar-refractivity contribution in [2.24, 2.45) is 0 Å². The minimum Gasteiger partial charge on any atom is -0.492 e. The summed E-state index contributed by atoms with van der Waals surface area (Å²) < 4.78 is 8.01. The fraction of sp³-hybridized carbons (Fsp3) is 0.231. The van der Waals surface area contributed by atoms with Gasteiger partial charge in [-0.3, -0.25) is 4.79 Å². The highest BCUT2D eigenvalue weighted by molar-refractivity contribution is 6.30. The molecule has 0 bridgehead atoms. The van der Waals surface area contributed by atoms with E-state index in [2.05, 4.69) is 9.88 Å². The second-order valence-corrected chi connectivity index (χ2v) is 8.24. The smallest absolute Gasteiger partial charge is 0.225 e. The Labute approximate surface area is 193 Å². The van der Waals surface area contributed by atoms with Gasteiger partial charge in [-0.1, -0.05) is 48.0 Å². The molecule has 1 atom stereocenters. The van der Waals surface area contributed by atoms with Gasteiger partial charge in [0.25, 0.3) is 0 Å². The van der Waals surface area contributed by atoms with Gasteiger partial charge in [0, 0.05) is 5.02 Å². The van der Waals surface area contributed by atoms with Gasteiger partial charge >= 0.3 is 0 Å². The molecule has 1 heterocycles. The first-order valence-electron chi connectivity index (χ1n) is 10.7. The third-order valence-corrected chi connectivity index (χ3v) is 5.71. The summed E-state index contributed by atoms with van der Waals surface area (Å²) in [7, 11) is 0. The van der Waals surface area contributed by atoms with Gasteiger partial charge in [0.05, 0.1) is 30.0 Å². The van der Waals surface area contributed by atoms with Gasteiger partial charge in [0.2, 0.25) is 5.91 Å². The van der Waals surface area contributed by atoms with Crippen LogP contribution in [-0.4, -0.2) is 22.1 Å². The summed E-state index contributed by atoms with van der Waals surface area (Å²) in [5.41, 5.74) is 4.06. The van der Waals surface area contributed by atoms with E-state index in [1.54, 1.807) is 12.1 Å². The largest absolute Gasteiger partial charge is 0.492 e. The maximum atomic E-state index is 12.7. The standard InChI is InChI=1S/C26H26ClN3O2/c1-18-7-3-4-8-20(18)17-25(31)28-19(2)26-29-23-9-5-6-10-24(23)30(26)15-16-32-22-13-11-21(27)12-14-22/h3-14,19H,15-17H2,1-2H3,(H,28,31). The molecule has 0 spiro atoms. The molecule has 0 aliphatic carbocycles. The lowest BCUT2D eigenvalue weighted by molar-refractivity contribution is -0.121. The fourth-order valence-corrected chi connectivity index (χ4v) is 3.91. The summed E-state index contributed by atoms with van der Waals surface area (Å²) in [5.74, 6) is 1.55. The number of nitrogens with zero attached hydrogens (tertiary/aromatic N) is 2. The molecule has 1 unspecified atom stereocenters. The predicted molar refractivity (Wildman–Crippen MR) is 128 cm³/mol. The molecule has 3 aromatic carbocycles. The van der Waals surface area contributed by atoms with Crippen molar-refractivity contribution >= 4 is 28.5 Å². The Balaban J connectivity index is 1.49. The molecular weight excluding hydrogens is 422 g/mol. The van der Waals surface area contributed by atoms with Crippen molar-refractivity contribution in [2.75, 3.05) is 6.61 Å². The van der Waals surface area contributed by atoms with Crippen molar-refractivity contribution in [3.63, 3.8) is 0 Å². The summed E-state index contributed by atoms with van der Waals surface area (Å²) in [5, 5.41) is 3.79. The van der Waals surface area contributed by atoms with Crippen molar-refractivity contribution in [3.05, 3.63) is 94.8 Å². The average Bonchev–Trinajstić information content (AvgIpc) is 3.15. The number of amides is 1. The highest BCUT2D eigenvalue weighted by Crippen LogP contribution is 2.22. The van der Waals surface area contributed by atoms with Crippen LogP contribution in [-0.2, 0) is 17.8 Å². The van der Waals surface area contributed by atoms with Gasteiger partial charge in [0.15, 0.2) is 0 Å². The number of hydrogen-bond donors (Lipinski definition) is 1. The maximum Gasteiger partial charge on any atom is 0.225 e. The normalized spacial score (nSPS) is 12.0. The molecule has 0 radical (unpaired) electrons. The van der Waals surface area contributed by atoms with Gasteiger partial charge in [-0.2, -0.15) is 0 Å². The molecule has 5 nitrogen and oxygen atoms in total. The number of para-hydroxylation sites is 2. The first kappa shape index (κ1) is 21.9. The van der Waals surface area contributed by atoms with Gasteiger partial charge in [0.1, 0.15) is 18.2 Å². The van der Waals surface area contributed by atoms with E-state index in [0.29, 0.717) is 24.6 Å². The quantitative estimate of drug-likeness (QED) is 0.388. The summed E-state index contributed by atoms with van der Waals surface area (Å²) >= 11 is 5.95. The number of ether oxygens (including phenoxy) is 1. The predicted octanol–water partition coefficient (Wildman–Crippen LogP) is 5.50. The Morgan fingerprint density at radius 2 is 1.78 bits per heavy atom. The van der Waals surface area contributed by atoms with Crippen molar-refractivity contribution < 1.29 is 9.53 Å². The third-order valence-electron chi connectivity index (χ3n) is 5.46.